The molecule has 0 saturated carbocycles. The number of benzene rings is 1. The van der Waals surface area contributed by atoms with Crippen LogP contribution in [0.3, 0.4) is 0 Å². The molecule has 1 rings (SSSR count). The van der Waals surface area contributed by atoms with Crippen molar-refractivity contribution in [1.82, 2.24) is 0 Å². The van der Waals surface area contributed by atoms with Crippen LogP contribution in [0.5, 0.6) is 11.5 Å². The van der Waals surface area contributed by atoms with Crippen LogP contribution < -0.4 is 15.2 Å². The van der Waals surface area contributed by atoms with E-state index in [-0.39, 0.29) is 4.48 Å². The fourth-order valence-electron chi connectivity index (χ4n) is 1.33. The quantitative estimate of drug-likeness (QED) is 0.524. The first-order chi connectivity index (χ1) is 8.53. The second-order valence-corrected chi connectivity index (χ2v) is 4.17. The Hall–Kier alpha value is -1.69. The van der Waals surface area contributed by atoms with Crippen LogP contribution in [0.15, 0.2) is 16.6 Å². The number of carbonyl (C=O) groups is 1. The van der Waals surface area contributed by atoms with Gasteiger partial charge in [0, 0.05) is 17.3 Å². The third kappa shape index (κ3) is 3.16. The lowest BCUT2D eigenvalue weighted by molar-refractivity contribution is -0.135. The molecule has 0 atom stereocenters. The molecule has 0 aliphatic rings. The minimum absolute atomic E-state index is 0.268. The minimum atomic E-state index is -0.482. The van der Waals surface area contributed by atoms with Crippen molar-refractivity contribution in [3.8, 4) is 11.5 Å². The van der Waals surface area contributed by atoms with Crippen molar-refractivity contribution in [1.29, 1.82) is 0 Å². The normalized spacial score (nSPS) is 11.0. The van der Waals surface area contributed by atoms with Gasteiger partial charge in [0.25, 0.3) is 0 Å². The summed E-state index contributed by atoms with van der Waals surface area (Å²) >= 11 is 3.12. The van der Waals surface area contributed by atoms with E-state index in [2.05, 4.69) is 20.7 Å². The lowest BCUT2D eigenvalue weighted by Gasteiger charge is -2.10. The molecule has 2 N–H and O–H groups in total. The van der Waals surface area contributed by atoms with Crippen molar-refractivity contribution in [3.05, 3.63) is 22.2 Å². The molecule has 0 aliphatic heterocycles. The first-order valence-corrected chi connectivity index (χ1v) is 5.79. The Balaban J connectivity index is 3.22. The number of carbonyl (C=O) groups excluding carboxylic acids is 1. The Morgan fingerprint density at radius 2 is 1.78 bits per heavy atom. The number of ether oxygens (including phenoxy) is 3. The molecule has 0 spiro atoms. The molecule has 5 nitrogen and oxygen atoms in total. The lowest BCUT2D eigenvalue weighted by Crippen LogP contribution is -2.00. The first kappa shape index (κ1) is 14.4. The smallest absolute Gasteiger partial charge is 0.344 e. The van der Waals surface area contributed by atoms with E-state index >= 15 is 0 Å². The van der Waals surface area contributed by atoms with Gasteiger partial charge in [-0.15, -0.1) is 0 Å². The highest BCUT2D eigenvalue weighted by atomic mass is 79.9. The van der Waals surface area contributed by atoms with Crippen molar-refractivity contribution in [2.75, 3.05) is 27.1 Å². The summed E-state index contributed by atoms with van der Waals surface area (Å²) < 4.78 is 15.1. The fraction of sp³-hybridized carbons (Fsp3) is 0.250. The Kier molecular flexibility index (Phi) is 5.03. The number of halogens is 1. The van der Waals surface area contributed by atoms with E-state index < -0.39 is 5.97 Å². The van der Waals surface area contributed by atoms with Crippen LogP contribution in [-0.4, -0.2) is 27.3 Å². The van der Waals surface area contributed by atoms with Gasteiger partial charge in [0.15, 0.2) is 11.5 Å². The summed E-state index contributed by atoms with van der Waals surface area (Å²) in [4.78, 5) is 11.3. The number of hydrogen-bond donors (Lipinski definition) is 1. The molecule has 1 aromatic rings. The van der Waals surface area contributed by atoms with Gasteiger partial charge in [-0.25, -0.2) is 4.79 Å². The number of esters is 1. The van der Waals surface area contributed by atoms with Crippen LogP contribution >= 0.6 is 15.9 Å². The number of hydrogen-bond acceptors (Lipinski definition) is 5. The van der Waals surface area contributed by atoms with Crippen LogP contribution in [0.2, 0.25) is 0 Å². The zero-order valence-corrected chi connectivity index (χ0v) is 11.9. The number of methoxy groups -OCH3 is 3. The molecule has 1 aromatic carbocycles. The number of anilines is 1. The van der Waals surface area contributed by atoms with Crippen molar-refractivity contribution in [2.45, 2.75) is 0 Å². The van der Waals surface area contributed by atoms with Crippen LogP contribution in [0.4, 0.5) is 5.69 Å². The van der Waals surface area contributed by atoms with Gasteiger partial charge in [0.05, 0.1) is 21.3 Å². The molecule has 0 bridgehead atoms. The Morgan fingerprint density at radius 1 is 1.22 bits per heavy atom. The van der Waals surface area contributed by atoms with Crippen LogP contribution in [-0.2, 0) is 9.53 Å². The van der Waals surface area contributed by atoms with E-state index in [1.165, 1.54) is 21.3 Å². The van der Waals surface area contributed by atoms with Crippen molar-refractivity contribution in [2.24, 2.45) is 0 Å². The average molecular weight is 316 g/mol. The first-order valence-electron chi connectivity index (χ1n) is 5.00. The molecule has 0 heterocycles. The van der Waals surface area contributed by atoms with Gasteiger partial charge in [-0.05, 0) is 28.1 Å². The molecule has 0 saturated heterocycles. The summed E-state index contributed by atoms with van der Waals surface area (Å²) in [5, 5.41) is 0. The Bertz CT molecular complexity index is 485. The largest absolute Gasteiger partial charge is 0.493 e. The number of rotatable bonds is 4. The summed E-state index contributed by atoms with van der Waals surface area (Å²) in [5.74, 6) is 0.577. The highest BCUT2D eigenvalue weighted by Crippen LogP contribution is 2.33. The molecule has 0 aromatic heterocycles. The summed E-state index contributed by atoms with van der Waals surface area (Å²) in [6.45, 7) is 0. The number of nitrogen functional groups attached to an aromatic ring is 1. The summed E-state index contributed by atoms with van der Waals surface area (Å²) in [5.41, 5.74) is 6.95. The van der Waals surface area contributed by atoms with Gasteiger partial charge in [-0.1, -0.05) is 0 Å². The zero-order chi connectivity index (χ0) is 13.7. The predicted molar refractivity (Wildman–Crippen MR) is 72.9 cm³/mol. The zero-order valence-electron chi connectivity index (χ0n) is 10.3. The van der Waals surface area contributed by atoms with E-state index in [4.69, 9.17) is 15.2 Å². The monoisotopic (exact) mass is 315 g/mol. The second kappa shape index (κ2) is 6.30. The summed E-state index contributed by atoms with van der Waals surface area (Å²) in [7, 11) is 4.35. The molecule has 6 heteroatoms. The highest BCUT2D eigenvalue weighted by Gasteiger charge is 2.11. The third-order valence-corrected chi connectivity index (χ3v) is 2.80. The average Bonchev–Trinajstić information content (AvgIpc) is 2.39. The van der Waals surface area contributed by atoms with E-state index in [1.54, 1.807) is 18.2 Å². The van der Waals surface area contributed by atoms with Crippen molar-refractivity contribution < 1.29 is 19.0 Å². The topological polar surface area (TPSA) is 70.8 Å². The molecule has 98 valence electrons. The van der Waals surface area contributed by atoms with E-state index in [9.17, 15) is 4.79 Å². The standard InChI is InChI=1S/C12H14BrNO4/c1-16-10-5-7(4-8(13)12(15)18-3)9(14)6-11(10)17-2/h4-6H,14H2,1-3H3/b8-4+. The molecule has 0 radical (unpaired) electrons. The molecular weight excluding hydrogens is 302 g/mol. The molecule has 18 heavy (non-hydrogen) atoms. The molecular formula is C12H14BrNO4. The predicted octanol–water partition coefficient (Wildman–Crippen LogP) is 2.19. The Labute approximate surface area is 114 Å². The maximum absolute atomic E-state index is 11.3. The Morgan fingerprint density at radius 3 is 2.28 bits per heavy atom. The van der Waals surface area contributed by atoms with Gasteiger partial charge in [-0.3, -0.25) is 0 Å². The minimum Gasteiger partial charge on any atom is -0.493 e. The van der Waals surface area contributed by atoms with Gasteiger partial charge in [0.2, 0.25) is 0 Å². The second-order valence-electron chi connectivity index (χ2n) is 3.32. The van der Waals surface area contributed by atoms with Crippen LogP contribution in [0, 0.1) is 0 Å². The SMILES string of the molecule is COC(=O)/C(Br)=C\c1cc(OC)c(OC)cc1N. The van der Waals surface area contributed by atoms with E-state index in [0.29, 0.717) is 22.7 Å². The van der Waals surface area contributed by atoms with Crippen LogP contribution in [0.1, 0.15) is 5.56 Å². The van der Waals surface area contributed by atoms with Gasteiger partial charge < -0.3 is 19.9 Å². The molecule has 0 unspecified atom stereocenters. The van der Waals surface area contributed by atoms with Crippen molar-refractivity contribution in [3.63, 3.8) is 0 Å². The maximum atomic E-state index is 11.3. The van der Waals surface area contributed by atoms with Crippen molar-refractivity contribution >= 4 is 33.7 Å². The van der Waals surface area contributed by atoms with Gasteiger partial charge >= 0.3 is 5.97 Å². The maximum Gasteiger partial charge on any atom is 0.344 e. The molecule has 0 aliphatic carbocycles. The lowest BCUT2D eigenvalue weighted by atomic mass is 10.1. The van der Waals surface area contributed by atoms with Crippen LogP contribution in [0.25, 0.3) is 6.08 Å². The molecule has 0 fully saturated rings. The highest BCUT2D eigenvalue weighted by molar-refractivity contribution is 9.12. The summed E-state index contributed by atoms with van der Waals surface area (Å²) in [6.07, 6.45) is 1.56. The van der Waals surface area contributed by atoms with E-state index in [0.717, 1.165) is 0 Å². The fourth-order valence-corrected chi connectivity index (χ4v) is 1.74. The number of nitrogens with two attached hydrogens (primary N) is 1. The van der Waals surface area contributed by atoms with E-state index in [1.807, 2.05) is 0 Å². The van der Waals surface area contributed by atoms with Gasteiger partial charge in [-0.2, -0.15) is 0 Å². The summed E-state index contributed by atoms with van der Waals surface area (Å²) in [6, 6.07) is 3.31. The van der Waals surface area contributed by atoms with Gasteiger partial charge in [0.1, 0.15) is 4.48 Å². The molecule has 0 amide bonds. The third-order valence-electron chi connectivity index (χ3n) is 2.25.